The zero-order valence-corrected chi connectivity index (χ0v) is 20.6. The van der Waals surface area contributed by atoms with E-state index in [1.54, 1.807) is 41.5 Å². The summed E-state index contributed by atoms with van der Waals surface area (Å²) in [4.78, 5) is 30.5. The van der Waals surface area contributed by atoms with Crippen LogP contribution in [0.3, 0.4) is 0 Å². The van der Waals surface area contributed by atoms with Crippen LogP contribution in [-0.4, -0.2) is 61.5 Å². The Morgan fingerprint density at radius 1 is 1.06 bits per heavy atom. The minimum Gasteiger partial charge on any atom is -0.361 e. The number of carbonyl (C=O) groups excluding carboxylic acids is 2. The highest BCUT2D eigenvalue weighted by molar-refractivity contribution is 7.89. The van der Waals surface area contributed by atoms with Crippen LogP contribution < -0.4 is 0 Å². The Bertz CT molecular complexity index is 1220. The Hall–Kier alpha value is -2.59. The molecule has 8 nitrogen and oxygen atoms in total. The van der Waals surface area contributed by atoms with Gasteiger partial charge in [0.05, 0.1) is 23.6 Å². The van der Waals surface area contributed by atoms with Gasteiger partial charge in [-0.3, -0.25) is 4.79 Å². The van der Waals surface area contributed by atoms with Crippen LogP contribution in [0.2, 0.25) is 0 Å². The molecule has 5 rings (SSSR count). The third-order valence-electron chi connectivity index (χ3n) is 7.13. The number of hydrogen-bond donors (Lipinski definition) is 0. The summed E-state index contributed by atoms with van der Waals surface area (Å²) in [6, 6.07) is 13.6. The van der Waals surface area contributed by atoms with Gasteiger partial charge in [0.2, 0.25) is 10.0 Å². The molecule has 9 heteroatoms. The smallest absolute Gasteiger partial charge is 0.357 e. The molecular formula is C26H30N2O6S. The van der Waals surface area contributed by atoms with Crippen LogP contribution in [0.25, 0.3) is 0 Å². The molecule has 1 saturated carbocycles. The first-order chi connectivity index (χ1) is 16.8. The lowest BCUT2D eigenvalue weighted by atomic mass is 10.00. The summed E-state index contributed by atoms with van der Waals surface area (Å²) in [5.41, 5.74) is 1.04. The maximum absolute atomic E-state index is 13.5. The van der Waals surface area contributed by atoms with E-state index in [4.69, 9.17) is 9.57 Å². The van der Waals surface area contributed by atoms with Crippen LogP contribution in [0.15, 0.2) is 53.4 Å². The van der Waals surface area contributed by atoms with Gasteiger partial charge in [0, 0.05) is 31.5 Å². The van der Waals surface area contributed by atoms with Crippen molar-refractivity contribution >= 4 is 21.8 Å². The van der Waals surface area contributed by atoms with Gasteiger partial charge in [-0.2, -0.15) is 4.31 Å². The third-order valence-corrected chi connectivity index (χ3v) is 9.02. The molecule has 0 radical (unpaired) electrons. The summed E-state index contributed by atoms with van der Waals surface area (Å²) in [5.74, 6) is 0.0253. The van der Waals surface area contributed by atoms with Gasteiger partial charge in [0.1, 0.15) is 0 Å². The Balaban J connectivity index is 1.29. The highest BCUT2D eigenvalue weighted by Gasteiger charge is 2.49. The number of rotatable bonds is 7. The second-order valence-corrected chi connectivity index (χ2v) is 11.5. The van der Waals surface area contributed by atoms with Crippen molar-refractivity contribution in [1.29, 1.82) is 0 Å². The Labute approximate surface area is 205 Å². The summed E-state index contributed by atoms with van der Waals surface area (Å²) < 4.78 is 34.4. The van der Waals surface area contributed by atoms with Gasteiger partial charge in [-0.05, 0) is 68.0 Å². The molecule has 0 unspecified atom stereocenters. The summed E-state index contributed by atoms with van der Waals surface area (Å²) in [5, 5.41) is 1.57. The normalized spacial score (nSPS) is 20.7. The summed E-state index contributed by atoms with van der Waals surface area (Å²) in [7, 11) is -3.73. The van der Waals surface area contributed by atoms with Crippen molar-refractivity contribution in [2.75, 3.05) is 26.2 Å². The molecule has 35 heavy (non-hydrogen) atoms. The van der Waals surface area contributed by atoms with Crippen molar-refractivity contribution in [3.05, 3.63) is 65.2 Å². The van der Waals surface area contributed by atoms with E-state index in [1.165, 1.54) is 17.3 Å². The van der Waals surface area contributed by atoms with Crippen LogP contribution >= 0.6 is 0 Å². The maximum atomic E-state index is 13.5. The molecule has 186 valence electrons. The Morgan fingerprint density at radius 3 is 2.43 bits per heavy atom. The van der Waals surface area contributed by atoms with Gasteiger partial charge >= 0.3 is 5.97 Å². The molecule has 2 saturated heterocycles. The van der Waals surface area contributed by atoms with Gasteiger partial charge in [-0.15, -0.1) is 5.06 Å². The lowest BCUT2D eigenvalue weighted by Gasteiger charge is -2.41. The molecule has 0 N–H and O–H groups in total. The predicted octanol–water partition coefficient (Wildman–Crippen LogP) is 3.43. The number of hydrogen-bond acceptors (Lipinski definition) is 7. The average molecular weight is 499 g/mol. The highest BCUT2D eigenvalue weighted by atomic mass is 32.2. The van der Waals surface area contributed by atoms with Crippen LogP contribution in [0, 0.1) is 5.92 Å². The Morgan fingerprint density at radius 2 is 1.77 bits per heavy atom. The minimum atomic E-state index is -3.73. The molecule has 2 aliphatic heterocycles. The first kappa shape index (κ1) is 24.1. The second-order valence-electron chi connectivity index (χ2n) is 9.57. The van der Waals surface area contributed by atoms with E-state index in [0.29, 0.717) is 43.0 Å². The van der Waals surface area contributed by atoms with Crippen LogP contribution in [-0.2, 0) is 26.0 Å². The van der Waals surface area contributed by atoms with E-state index in [9.17, 15) is 18.0 Å². The summed E-state index contributed by atoms with van der Waals surface area (Å²) >= 11 is 0. The van der Waals surface area contributed by atoms with E-state index >= 15 is 0 Å². The van der Waals surface area contributed by atoms with Crippen molar-refractivity contribution in [1.82, 2.24) is 9.37 Å². The molecule has 1 spiro atoms. The number of carbonyl (C=O) groups is 2. The van der Waals surface area contributed by atoms with Gasteiger partial charge < -0.3 is 9.57 Å². The number of benzene rings is 2. The number of sulfonamides is 1. The molecule has 2 aromatic carbocycles. The quantitative estimate of drug-likeness (QED) is 0.540. The monoisotopic (exact) mass is 498 g/mol. The number of Topliss-reactive ketones (excluding diaryl/α,β-unsaturated/α-hetero) is 1. The fraction of sp³-hybridized carbons (Fsp3) is 0.462. The molecular weight excluding hydrogens is 468 g/mol. The van der Waals surface area contributed by atoms with Crippen molar-refractivity contribution in [2.24, 2.45) is 5.92 Å². The standard InChI is InChI=1S/C26H30N2O6S/c1-19(29)24-10-9-23(18-22(24)17-20-7-8-20)35(31,32)27-13-11-26(12-14-27)28(15-16-33-26)34-25(30)21-5-3-2-4-6-21/h2-6,9-10,18,20H,7-8,11-17H2,1H3. The van der Waals surface area contributed by atoms with Crippen LogP contribution in [0.4, 0.5) is 0 Å². The SMILES string of the molecule is CC(=O)c1ccc(S(=O)(=O)N2CCC3(CC2)OCCN3OC(=O)c2ccccc2)cc1CC1CC1. The van der Waals surface area contributed by atoms with Crippen molar-refractivity contribution in [3.8, 4) is 0 Å². The van der Waals surface area contributed by atoms with Crippen molar-refractivity contribution in [3.63, 3.8) is 0 Å². The predicted molar refractivity (Wildman–Crippen MR) is 128 cm³/mol. The van der Waals surface area contributed by atoms with E-state index in [-0.39, 0.29) is 23.8 Å². The van der Waals surface area contributed by atoms with Gasteiger partial charge in [-0.25, -0.2) is 13.2 Å². The minimum absolute atomic E-state index is 0.0481. The second kappa shape index (κ2) is 9.46. The lowest BCUT2D eigenvalue weighted by Crippen LogP contribution is -2.54. The van der Waals surface area contributed by atoms with Gasteiger partial charge in [0.25, 0.3) is 0 Å². The molecule has 0 atom stereocenters. The molecule has 0 aromatic heterocycles. The average Bonchev–Trinajstić information content (AvgIpc) is 3.60. The topological polar surface area (TPSA) is 93.2 Å². The molecule has 3 aliphatic rings. The van der Waals surface area contributed by atoms with Crippen LogP contribution in [0.1, 0.15) is 58.9 Å². The molecule has 3 fully saturated rings. The van der Waals surface area contributed by atoms with E-state index in [0.717, 1.165) is 24.8 Å². The summed E-state index contributed by atoms with van der Waals surface area (Å²) in [6.07, 6.45) is 3.74. The fourth-order valence-corrected chi connectivity index (χ4v) is 6.44. The zero-order valence-electron chi connectivity index (χ0n) is 19.8. The first-order valence-electron chi connectivity index (χ1n) is 12.1. The van der Waals surface area contributed by atoms with Gasteiger partial charge in [0.15, 0.2) is 11.5 Å². The maximum Gasteiger partial charge on any atom is 0.357 e. The molecule has 1 aliphatic carbocycles. The van der Waals surface area contributed by atoms with Crippen molar-refractivity contribution in [2.45, 2.75) is 49.6 Å². The van der Waals surface area contributed by atoms with E-state index in [1.807, 2.05) is 6.07 Å². The van der Waals surface area contributed by atoms with Crippen molar-refractivity contribution < 1.29 is 27.6 Å². The highest BCUT2D eigenvalue weighted by Crippen LogP contribution is 2.37. The Kier molecular flexibility index (Phi) is 6.52. The first-order valence-corrected chi connectivity index (χ1v) is 13.6. The lowest BCUT2D eigenvalue weighted by molar-refractivity contribution is -0.236. The van der Waals surface area contributed by atoms with E-state index < -0.39 is 21.7 Å². The number of piperidine rings is 1. The van der Waals surface area contributed by atoms with E-state index in [2.05, 4.69) is 0 Å². The number of nitrogens with zero attached hydrogens (tertiary/aromatic N) is 2. The number of ether oxygens (including phenoxy) is 1. The number of ketones is 1. The van der Waals surface area contributed by atoms with Crippen LogP contribution in [0.5, 0.6) is 0 Å². The molecule has 0 bridgehead atoms. The summed E-state index contributed by atoms with van der Waals surface area (Å²) in [6.45, 7) is 2.85. The fourth-order valence-electron chi connectivity index (χ4n) is 4.94. The number of hydroxylamine groups is 2. The largest absolute Gasteiger partial charge is 0.361 e. The molecule has 0 amide bonds. The molecule has 2 heterocycles. The van der Waals surface area contributed by atoms with Gasteiger partial charge in [-0.1, -0.05) is 18.2 Å². The third kappa shape index (κ3) is 4.91. The molecule has 2 aromatic rings. The zero-order chi connectivity index (χ0) is 24.6.